The van der Waals surface area contributed by atoms with Crippen LogP contribution in [0.5, 0.6) is 0 Å². The number of hydrogen-bond donors (Lipinski definition) is 1. The molecule has 19 heavy (non-hydrogen) atoms. The Labute approximate surface area is 114 Å². The molecule has 0 aliphatic heterocycles. The molecule has 100 valence electrons. The van der Waals surface area contributed by atoms with Gasteiger partial charge in [-0.25, -0.2) is 0 Å². The first-order chi connectivity index (χ1) is 9.34. The summed E-state index contributed by atoms with van der Waals surface area (Å²) >= 11 is 0. The molecule has 0 unspecified atom stereocenters. The summed E-state index contributed by atoms with van der Waals surface area (Å²) in [6.07, 6.45) is 12.0. The van der Waals surface area contributed by atoms with Crippen LogP contribution in [0.15, 0.2) is 30.4 Å². The number of anilines is 1. The summed E-state index contributed by atoms with van der Waals surface area (Å²) in [5, 5.41) is 3.17. The molecule has 2 aliphatic rings. The molecule has 0 fully saturated rings. The van der Waals surface area contributed by atoms with Crippen LogP contribution in [-0.2, 0) is 17.6 Å². The Morgan fingerprint density at radius 1 is 1.16 bits per heavy atom. The van der Waals surface area contributed by atoms with E-state index in [1.807, 2.05) is 0 Å². The second-order valence-corrected chi connectivity index (χ2v) is 5.62. The minimum Gasteiger partial charge on any atom is -0.326 e. The molecule has 0 bridgehead atoms. The van der Waals surface area contributed by atoms with Crippen molar-refractivity contribution >= 4 is 11.6 Å². The van der Waals surface area contributed by atoms with Crippen molar-refractivity contribution in [3.8, 4) is 0 Å². The lowest BCUT2D eigenvalue weighted by atomic mass is 9.89. The van der Waals surface area contributed by atoms with E-state index in [0.717, 1.165) is 37.8 Å². The van der Waals surface area contributed by atoms with Crippen molar-refractivity contribution in [2.24, 2.45) is 5.92 Å². The largest absolute Gasteiger partial charge is 0.326 e. The van der Waals surface area contributed by atoms with Crippen molar-refractivity contribution in [2.45, 2.75) is 44.9 Å². The number of fused-ring (bicyclic) bond motifs is 1. The van der Waals surface area contributed by atoms with Crippen LogP contribution in [0.1, 0.15) is 43.2 Å². The van der Waals surface area contributed by atoms with E-state index in [-0.39, 0.29) is 11.8 Å². The maximum absolute atomic E-state index is 12.3. The Balaban J connectivity index is 1.76. The third kappa shape index (κ3) is 2.73. The zero-order valence-corrected chi connectivity index (χ0v) is 11.3. The van der Waals surface area contributed by atoms with Crippen LogP contribution in [0.3, 0.4) is 0 Å². The van der Waals surface area contributed by atoms with E-state index >= 15 is 0 Å². The first kappa shape index (κ1) is 12.5. The third-order valence-corrected chi connectivity index (χ3v) is 4.29. The predicted molar refractivity (Wildman–Crippen MR) is 78.2 cm³/mol. The minimum atomic E-state index is 0.157. The quantitative estimate of drug-likeness (QED) is 0.799. The fourth-order valence-corrected chi connectivity index (χ4v) is 3.16. The SMILES string of the molecule is O=C(Nc1cccc2c1CCCC2)[C@H]1CC=CCC1. The van der Waals surface area contributed by atoms with Crippen molar-refractivity contribution < 1.29 is 4.79 Å². The fraction of sp³-hybridized carbons (Fsp3) is 0.471. The van der Waals surface area contributed by atoms with Gasteiger partial charge in [0.15, 0.2) is 0 Å². The Hall–Kier alpha value is -1.57. The standard InChI is InChI=1S/C17H21NO/c19-17(14-8-2-1-3-9-14)18-16-12-6-10-13-7-4-5-11-15(13)16/h1-2,6,10,12,14H,3-5,7-9,11H2,(H,18,19)/t14-/m0/s1. The van der Waals surface area contributed by atoms with Gasteiger partial charge in [0.25, 0.3) is 0 Å². The Kier molecular flexibility index (Phi) is 3.67. The van der Waals surface area contributed by atoms with Crippen LogP contribution in [0.25, 0.3) is 0 Å². The van der Waals surface area contributed by atoms with E-state index in [1.54, 1.807) is 0 Å². The number of allylic oxidation sites excluding steroid dienone is 2. The van der Waals surface area contributed by atoms with E-state index < -0.39 is 0 Å². The molecule has 3 rings (SSSR count). The highest BCUT2D eigenvalue weighted by molar-refractivity contribution is 5.93. The average molecular weight is 255 g/mol. The van der Waals surface area contributed by atoms with Crippen molar-refractivity contribution in [3.05, 3.63) is 41.5 Å². The molecular formula is C17H21NO. The molecule has 2 aliphatic carbocycles. The zero-order chi connectivity index (χ0) is 13.1. The number of hydrogen-bond acceptors (Lipinski definition) is 1. The average Bonchev–Trinajstić information content (AvgIpc) is 2.48. The number of carbonyl (C=O) groups is 1. The van der Waals surface area contributed by atoms with Crippen LogP contribution in [0.4, 0.5) is 5.69 Å². The Morgan fingerprint density at radius 3 is 2.89 bits per heavy atom. The number of rotatable bonds is 2. The molecule has 0 heterocycles. The second kappa shape index (κ2) is 5.60. The summed E-state index contributed by atoms with van der Waals surface area (Å²) in [7, 11) is 0. The number of aryl methyl sites for hydroxylation is 1. The Bertz CT molecular complexity index is 504. The molecule has 1 aromatic carbocycles. The summed E-state index contributed by atoms with van der Waals surface area (Å²) in [4.78, 5) is 12.3. The van der Waals surface area contributed by atoms with Crippen LogP contribution >= 0.6 is 0 Å². The molecule has 0 saturated heterocycles. The monoisotopic (exact) mass is 255 g/mol. The smallest absolute Gasteiger partial charge is 0.227 e. The van der Waals surface area contributed by atoms with E-state index in [9.17, 15) is 4.79 Å². The number of benzene rings is 1. The minimum absolute atomic E-state index is 0.157. The van der Waals surface area contributed by atoms with Gasteiger partial charge in [-0.1, -0.05) is 24.3 Å². The first-order valence-corrected chi connectivity index (χ1v) is 7.41. The lowest BCUT2D eigenvalue weighted by Crippen LogP contribution is -2.24. The molecule has 2 nitrogen and oxygen atoms in total. The van der Waals surface area contributed by atoms with Crippen LogP contribution in [0.2, 0.25) is 0 Å². The molecule has 0 saturated carbocycles. The van der Waals surface area contributed by atoms with Crippen molar-refractivity contribution in [2.75, 3.05) is 5.32 Å². The summed E-state index contributed by atoms with van der Waals surface area (Å²) in [5.74, 6) is 0.354. The normalized spacial score (nSPS) is 21.8. The molecule has 1 aromatic rings. The van der Waals surface area contributed by atoms with Gasteiger partial charge in [0, 0.05) is 11.6 Å². The maximum Gasteiger partial charge on any atom is 0.227 e. The lowest BCUT2D eigenvalue weighted by Gasteiger charge is -2.22. The number of amides is 1. The van der Waals surface area contributed by atoms with E-state index in [0.29, 0.717) is 0 Å². The molecule has 0 radical (unpaired) electrons. The second-order valence-electron chi connectivity index (χ2n) is 5.62. The van der Waals surface area contributed by atoms with Gasteiger partial charge in [0.2, 0.25) is 5.91 Å². The van der Waals surface area contributed by atoms with E-state index in [1.165, 1.54) is 24.0 Å². The van der Waals surface area contributed by atoms with Crippen molar-refractivity contribution in [1.29, 1.82) is 0 Å². The topological polar surface area (TPSA) is 29.1 Å². The first-order valence-electron chi connectivity index (χ1n) is 7.41. The summed E-state index contributed by atoms with van der Waals surface area (Å²) in [6, 6.07) is 6.33. The highest BCUT2D eigenvalue weighted by Crippen LogP contribution is 2.29. The van der Waals surface area contributed by atoms with Gasteiger partial charge >= 0.3 is 0 Å². The van der Waals surface area contributed by atoms with E-state index in [4.69, 9.17) is 0 Å². The molecule has 2 heteroatoms. The van der Waals surface area contributed by atoms with Gasteiger partial charge in [-0.15, -0.1) is 0 Å². The molecule has 1 N–H and O–H groups in total. The molecular weight excluding hydrogens is 234 g/mol. The van der Waals surface area contributed by atoms with Crippen LogP contribution in [-0.4, -0.2) is 5.91 Å². The molecule has 0 aromatic heterocycles. The van der Waals surface area contributed by atoms with Crippen molar-refractivity contribution in [1.82, 2.24) is 0 Å². The van der Waals surface area contributed by atoms with Gasteiger partial charge in [0.1, 0.15) is 0 Å². The predicted octanol–water partition coefficient (Wildman–Crippen LogP) is 3.86. The number of carbonyl (C=O) groups excluding carboxylic acids is 1. The van der Waals surface area contributed by atoms with Crippen LogP contribution in [0, 0.1) is 5.92 Å². The van der Waals surface area contributed by atoms with Gasteiger partial charge in [-0.3, -0.25) is 4.79 Å². The van der Waals surface area contributed by atoms with Gasteiger partial charge in [0.05, 0.1) is 0 Å². The highest BCUT2D eigenvalue weighted by atomic mass is 16.1. The zero-order valence-electron chi connectivity index (χ0n) is 11.3. The third-order valence-electron chi connectivity index (χ3n) is 4.29. The maximum atomic E-state index is 12.3. The van der Waals surface area contributed by atoms with Gasteiger partial charge < -0.3 is 5.32 Å². The highest BCUT2D eigenvalue weighted by Gasteiger charge is 2.20. The molecule has 0 spiro atoms. The molecule has 1 atom stereocenters. The lowest BCUT2D eigenvalue weighted by molar-refractivity contribution is -0.120. The Morgan fingerprint density at radius 2 is 2.05 bits per heavy atom. The number of nitrogens with one attached hydrogen (secondary N) is 1. The fourth-order valence-electron chi connectivity index (χ4n) is 3.16. The summed E-state index contributed by atoms with van der Waals surface area (Å²) in [5.41, 5.74) is 3.85. The summed E-state index contributed by atoms with van der Waals surface area (Å²) < 4.78 is 0. The van der Waals surface area contributed by atoms with Crippen molar-refractivity contribution in [3.63, 3.8) is 0 Å². The molecule has 1 amide bonds. The van der Waals surface area contributed by atoms with Crippen LogP contribution < -0.4 is 5.32 Å². The van der Waals surface area contributed by atoms with Gasteiger partial charge in [-0.2, -0.15) is 0 Å². The van der Waals surface area contributed by atoms with Gasteiger partial charge in [-0.05, 0) is 62.1 Å². The summed E-state index contributed by atoms with van der Waals surface area (Å²) in [6.45, 7) is 0. The van der Waals surface area contributed by atoms with E-state index in [2.05, 4.69) is 35.7 Å².